The van der Waals surface area contributed by atoms with E-state index in [4.69, 9.17) is 5.11 Å². The number of hydrogen-bond donors (Lipinski definition) is 2. The summed E-state index contributed by atoms with van der Waals surface area (Å²) in [4.78, 5) is 22.6. The fourth-order valence-electron chi connectivity index (χ4n) is 1.34. The molecule has 0 aliphatic rings. The molecule has 0 radical (unpaired) electrons. The summed E-state index contributed by atoms with van der Waals surface area (Å²) >= 11 is 2.93. The van der Waals surface area contributed by atoms with Gasteiger partial charge in [0.25, 0.3) is 0 Å². The lowest BCUT2D eigenvalue weighted by atomic mass is 9.95. The van der Waals surface area contributed by atoms with Crippen molar-refractivity contribution in [3.8, 4) is 0 Å². The van der Waals surface area contributed by atoms with E-state index < -0.39 is 35.3 Å². The van der Waals surface area contributed by atoms with Gasteiger partial charge in [-0.2, -0.15) is 0 Å². The first-order valence-electron chi connectivity index (χ1n) is 5.42. The molecule has 0 aliphatic heterocycles. The minimum atomic E-state index is -1.12. The van der Waals surface area contributed by atoms with Crippen molar-refractivity contribution in [1.82, 2.24) is 0 Å². The average molecular weight is 336 g/mol. The Morgan fingerprint density at radius 3 is 2.32 bits per heavy atom. The molecule has 1 aromatic rings. The van der Waals surface area contributed by atoms with Gasteiger partial charge >= 0.3 is 5.97 Å². The topological polar surface area (TPSA) is 66.4 Å². The maximum absolute atomic E-state index is 13.5. The number of aliphatic carboxylic acids is 1. The van der Waals surface area contributed by atoms with Gasteiger partial charge in [0.15, 0.2) is 5.82 Å². The summed E-state index contributed by atoms with van der Waals surface area (Å²) in [5.41, 5.74) is -0.212. The number of carbonyl (C=O) groups excluding carboxylic acids is 1. The first-order valence-corrected chi connectivity index (χ1v) is 6.21. The van der Waals surface area contributed by atoms with E-state index in [0.29, 0.717) is 6.07 Å². The number of rotatable bonds is 4. The molecule has 1 rings (SSSR count). The van der Waals surface area contributed by atoms with E-state index in [9.17, 15) is 18.4 Å². The molecular weight excluding hydrogens is 324 g/mol. The summed E-state index contributed by atoms with van der Waals surface area (Å²) in [6.45, 7) is 2.80. The number of hydrogen-bond acceptors (Lipinski definition) is 2. The van der Waals surface area contributed by atoms with E-state index >= 15 is 0 Å². The Morgan fingerprint density at radius 2 is 1.84 bits per heavy atom. The molecule has 0 aliphatic carbocycles. The Kier molecular flexibility index (Phi) is 4.99. The van der Waals surface area contributed by atoms with Gasteiger partial charge in [-0.3, -0.25) is 9.59 Å². The number of anilines is 1. The van der Waals surface area contributed by atoms with E-state index in [0.717, 1.165) is 6.07 Å². The predicted molar refractivity (Wildman–Crippen MR) is 68.7 cm³/mol. The molecule has 4 nitrogen and oxygen atoms in total. The maximum Gasteiger partial charge on any atom is 0.307 e. The highest BCUT2D eigenvalue weighted by atomic mass is 79.9. The number of carbonyl (C=O) groups is 2. The number of benzene rings is 1. The Balaban J connectivity index is 2.92. The SMILES string of the molecule is CC(C(=O)O)C(C)C(=O)Nc1c(F)cc(F)cc1Br. The summed E-state index contributed by atoms with van der Waals surface area (Å²) in [5.74, 6) is -5.26. The van der Waals surface area contributed by atoms with Crippen LogP contribution in [0, 0.1) is 23.5 Å². The van der Waals surface area contributed by atoms with Crippen molar-refractivity contribution >= 4 is 33.5 Å². The van der Waals surface area contributed by atoms with Crippen molar-refractivity contribution in [2.75, 3.05) is 5.32 Å². The molecule has 1 amide bonds. The summed E-state index contributed by atoms with van der Waals surface area (Å²) in [5, 5.41) is 11.1. The Hall–Kier alpha value is -1.50. The lowest BCUT2D eigenvalue weighted by molar-refractivity contribution is -0.145. The predicted octanol–water partition coefficient (Wildman–Crippen LogP) is 3.02. The summed E-state index contributed by atoms with van der Waals surface area (Å²) in [6, 6.07) is 1.63. The van der Waals surface area contributed by atoms with Crippen LogP contribution in [0.4, 0.5) is 14.5 Å². The first kappa shape index (κ1) is 15.6. The van der Waals surface area contributed by atoms with Crippen LogP contribution in [0.15, 0.2) is 16.6 Å². The third-order valence-electron chi connectivity index (χ3n) is 2.81. The molecule has 0 saturated carbocycles. The van der Waals surface area contributed by atoms with Crippen LogP contribution in [0.1, 0.15) is 13.8 Å². The van der Waals surface area contributed by atoms with Gasteiger partial charge in [0, 0.05) is 16.5 Å². The largest absolute Gasteiger partial charge is 0.481 e. The monoisotopic (exact) mass is 335 g/mol. The van der Waals surface area contributed by atoms with E-state index in [2.05, 4.69) is 21.2 Å². The molecular formula is C12H12BrF2NO3. The molecule has 2 N–H and O–H groups in total. The molecule has 0 saturated heterocycles. The van der Waals surface area contributed by atoms with Crippen LogP contribution in [-0.4, -0.2) is 17.0 Å². The van der Waals surface area contributed by atoms with Crippen LogP contribution in [0.5, 0.6) is 0 Å². The smallest absolute Gasteiger partial charge is 0.307 e. The molecule has 1 aromatic carbocycles. The summed E-state index contributed by atoms with van der Waals surface area (Å²) < 4.78 is 26.4. The number of carboxylic acids is 1. The summed E-state index contributed by atoms with van der Waals surface area (Å²) in [6.07, 6.45) is 0. The fraction of sp³-hybridized carbons (Fsp3) is 0.333. The molecule has 104 valence electrons. The maximum atomic E-state index is 13.5. The number of halogens is 3. The summed E-state index contributed by atoms with van der Waals surface area (Å²) in [7, 11) is 0. The van der Waals surface area contributed by atoms with Gasteiger partial charge in [-0.05, 0) is 22.0 Å². The Labute approximate surface area is 116 Å². The molecule has 19 heavy (non-hydrogen) atoms. The Morgan fingerprint density at radius 1 is 1.26 bits per heavy atom. The van der Waals surface area contributed by atoms with E-state index in [1.807, 2.05) is 0 Å². The third kappa shape index (κ3) is 3.73. The lowest BCUT2D eigenvalue weighted by Crippen LogP contribution is -2.30. The molecule has 0 heterocycles. The molecule has 0 bridgehead atoms. The standard InChI is InChI=1S/C12H12BrF2NO3/c1-5(6(2)12(18)19)11(17)16-10-8(13)3-7(14)4-9(10)15/h3-6H,1-2H3,(H,16,17)(H,18,19). The first-order chi connectivity index (χ1) is 8.73. The van der Waals surface area contributed by atoms with Crippen LogP contribution >= 0.6 is 15.9 Å². The van der Waals surface area contributed by atoms with Crippen molar-refractivity contribution in [1.29, 1.82) is 0 Å². The van der Waals surface area contributed by atoms with Crippen LogP contribution in [0.25, 0.3) is 0 Å². The van der Waals surface area contributed by atoms with Crippen molar-refractivity contribution in [2.24, 2.45) is 11.8 Å². The molecule has 7 heteroatoms. The van der Waals surface area contributed by atoms with Gasteiger partial charge in [0.1, 0.15) is 5.82 Å². The normalized spacial score (nSPS) is 13.7. The second-order valence-corrected chi connectivity index (χ2v) is 5.00. The van der Waals surface area contributed by atoms with Crippen LogP contribution in [-0.2, 0) is 9.59 Å². The van der Waals surface area contributed by atoms with Crippen molar-refractivity contribution in [2.45, 2.75) is 13.8 Å². The zero-order valence-electron chi connectivity index (χ0n) is 10.2. The second-order valence-electron chi connectivity index (χ2n) is 4.15. The van der Waals surface area contributed by atoms with Gasteiger partial charge in [0.2, 0.25) is 5.91 Å². The molecule has 0 aromatic heterocycles. The Bertz CT molecular complexity index is 499. The van der Waals surface area contributed by atoms with Gasteiger partial charge in [-0.15, -0.1) is 0 Å². The van der Waals surface area contributed by atoms with Crippen molar-refractivity contribution in [3.63, 3.8) is 0 Å². The highest BCUT2D eigenvalue weighted by Gasteiger charge is 2.26. The van der Waals surface area contributed by atoms with Crippen LogP contribution in [0.2, 0.25) is 0 Å². The van der Waals surface area contributed by atoms with Crippen LogP contribution in [0.3, 0.4) is 0 Å². The highest BCUT2D eigenvalue weighted by molar-refractivity contribution is 9.10. The quantitative estimate of drug-likeness (QED) is 0.888. The van der Waals surface area contributed by atoms with E-state index in [1.54, 1.807) is 0 Å². The van der Waals surface area contributed by atoms with Crippen molar-refractivity contribution < 1.29 is 23.5 Å². The van der Waals surface area contributed by atoms with E-state index in [1.165, 1.54) is 13.8 Å². The van der Waals surface area contributed by atoms with Gasteiger partial charge in [-0.1, -0.05) is 13.8 Å². The van der Waals surface area contributed by atoms with Gasteiger partial charge in [0.05, 0.1) is 11.6 Å². The minimum Gasteiger partial charge on any atom is -0.481 e. The number of amides is 1. The second kappa shape index (κ2) is 6.10. The highest BCUT2D eigenvalue weighted by Crippen LogP contribution is 2.27. The van der Waals surface area contributed by atoms with Gasteiger partial charge < -0.3 is 10.4 Å². The minimum absolute atomic E-state index is 0.0496. The molecule has 2 unspecified atom stereocenters. The van der Waals surface area contributed by atoms with Crippen LogP contribution < -0.4 is 5.32 Å². The zero-order valence-corrected chi connectivity index (χ0v) is 11.8. The third-order valence-corrected chi connectivity index (χ3v) is 3.43. The number of nitrogens with one attached hydrogen (secondary N) is 1. The van der Waals surface area contributed by atoms with Gasteiger partial charge in [-0.25, -0.2) is 8.78 Å². The molecule has 2 atom stereocenters. The van der Waals surface area contributed by atoms with E-state index in [-0.39, 0.29) is 10.2 Å². The van der Waals surface area contributed by atoms with Crippen molar-refractivity contribution in [3.05, 3.63) is 28.2 Å². The molecule has 0 spiro atoms. The molecule has 0 fully saturated rings. The lowest BCUT2D eigenvalue weighted by Gasteiger charge is -2.16. The zero-order chi connectivity index (χ0) is 14.7. The average Bonchev–Trinajstić information content (AvgIpc) is 2.31. The number of carboxylic acid groups (broad SMARTS) is 1. The fourth-order valence-corrected chi connectivity index (χ4v) is 1.85.